The maximum Gasteiger partial charge on any atom is 0.0920 e. The number of hydrogen-bond acceptors (Lipinski definition) is 3. The molecule has 2 aliphatic rings. The molecule has 5 rings (SSSR count). The van der Waals surface area contributed by atoms with Crippen LogP contribution < -0.4 is 0 Å². The second-order valence-corrected chi connectivity index (χ2v) is 11.2. The monoisotopic (exact) mass is 580 g/mol. The molecular formula is C30H36Cl4N2O. The van der Waals surface area contributed by atoms with Crippen LogP contribution in [0.2, 0.25) is 10.0 Å². The van der Waals surface area contributed by atoms with Gasteiger partial charge in [-0.25, -0.2) is 0 Å². The van der Waals surface area contributed by atoms with Crippen LogP contribution in [0.25, 0.3) is 0 Å². The van der Waals surface area contributed by atoms with Crippen LogP contribution in [0.4, 0.5) is 0 Å². The predicted octanol–water partition coefficient (Wildman–Crippen LogP) is 7.35. The van der Waals surface area contributed by atoms with Crippen LogP contribution in [0.1, 0.15) is 42.4 Å². The summed E-state index contributed by atoms with van der Waals surface area (Å²) in [7, 11) is 0. The molecule has 0 saturated carbocycles. The summed E-state index contributed by atoms with van der Waals surface area (Å²) in [6, 6.07) is 27.1. The second kappa shape index (κ2) is 13.2. The van der Waals surface area contributed by atoms with Gasteiger partial charge in [0.15, 0.2) is 0 Å². The molecule has 0 spiro atoms. The summed E-state index contributed by atoms with van der Waals surface area (Å²) in [5, 5.41) is 12.5. The lowest BCUT2D eigenvalue weighted by atomic mass is 9.76. The summed E-state index contributed by atoms with van der Waals surface area (Å²) in [4.78, 5) is 5.10. The summed E-state index contributed by atoms with van der Waals surface area (Å²) in [6.45, 7) is 5.90. The van der Waals surface area contributed by atoms with E-state index in [1.165, 1.54) is 11.1 Å². The van der Waals surface area contributed by atoms with Gasteiger partial charge in [-0.15, -0.1) is 24.8 Å². The van der Waals surface area contributed by atoms with E-state index in [0.29, 0.717) is 10.0 Å². The van der Waals surface area contributed by atoms with Gasteiger partial charge in [0.1, 0.15) is 0 Å². The first-order chi connectivity index (χ1) is 17.0. The Morgan fingerprint density at radius 3 is 1.97 bits per heavy atom. The Balaban J connectivity index is 0.00000190. The molecule has 0 aliphatic carbocycles. The molecule has 2 aliphatic heterocycles. The van der Waals surface area contributed by atoms with Crippen molar-refractivity contribution < 1.29 is 5.11 Å². The number of likely N-dealkylation sites (tertiary alicyclic amines) is 2. The Bertz CT molecular complexity index is 1120. The highest BCUT2D eigenvalue weighted by molar-refractivity contribution is 6.42. The van der Waals surface area contributed by atoms with Crippen molar-refractivity contribution in [1.82, 2.24) is 9.80 Å². The Labute approximate surface area is 243 Å². The van der Waals surface area contributed by atoms with Crippen molar-refractivity contribution in [2.75, 3.05) is 32.7 Å². The zero-order valence-electron chi connectivity index (χ0n) is 21.0. The van der Waals surface area contributed by atoms with E-state index in [1.807, 2.05) is 24.3 Å². The molecule has 2 fully saturated rings. The molecule has 200 valence electrons. The van der Waals surface area contributed by atoms with Gasteiger partial charge in [-0.2, -0.15) is 0 Å². The van der Waals surface area contributed by atoms with E-state index in [2.05, 4.69) is 64.4 Å². The van der Waals surface area contributed by atoms with Crippen LogP contribution in [0.15, 0.2) is 78.9 Å². The molecule has 0 radical (unpaired) electrons. The lowest BCUT2D eigenvalue weighted by Crippen LogP contribution is -2.44. The van der Waals surface area contributed by atoms with Crippen molar-refractivity contribution in [2.24, 2.45) is 0 Å². The molecular weight excluding hydrogens is 546 g/mol. The molecule has 0 amide bonds. The fraction of sp³-hybridized carbons (Fsp3) is 0.400. The van der Waals surface area contributed by atoms with Crippen LogP contribution in [-0.2, 0) is 17.6 Å². The highest BCUT2D eigenvalue weighted by Gasteiger charge is 2.41. The third-order valence-electron chi connectivity index (χ3n) is 8.11. The minimum atomic E-state index is -0.709. The molecule has 1 unspecified atom stereocenters. The summed E-state index contributed by atoms with van der Waals surface area (Å²) in [5.74, 6) is 0. The summed E-state index contributed by atoms with van der Waals surface area (Å²) < 4.78 is 0. The van der Waals surface area contributed by atoms with E-state index < -0.39 is 5.60 Å². The normalized spacial score (nSPS) is 21.7. The molecule has 3 aromatic carbocycles. The van der Waals surface area contributed by atoms with Crippen molar-refractivity contribution in [3.8, 4) is 0 Å². The molecule has 3 aromatic rings. The second-order valence-electron chi connectivity index (χ2n) is 10.3. The van der Waals surface area contributed by atoms with Gasteiger partial charge in [0.05, 0.1) is 15.6 Å². The predicted molar refractivity (Wildman–Crippen MR) is 160 cm³/mol. The maximum absolute atomic E-state index is 11.2. The van der Waals surface area contributed by atoms with Gasteiger partial charge >= 0.3 is 0 Å². The number of piperidine rings is 1. The summed E-state index contributed by atoms with van der Waals surface area (Å²) >= 11 is 12.7. The Morgan fingerprint density at radius 2 is 1.32 bits per heavy atom. The molecule has 7 heteroatoms. The van der Waals surface area contributed by atoms with E-state index in [-0.39, 0.29) is 30.2 Å². The first-order valence-corrected chi connectivity index (χ1v) is 13.4. The first kappa shape index (κ1) is 30.2. The van der Waals surface area contributed by atoms with Crippen LogP contribution in [0.5, 0.6) is 0 Å². The lowest BCUT2D eigenvalue weighted by Gasteiger charge is -2.40. The smallest absolute Gasteiger partial charge is 0.0920 e. The standard InChI is InChI=1S/C30H34Cl2N2O.2ClH/c31-27-12-11-26(21-28(27)32)29(14-18-34(23-29)22-24-7-3-1-4-8-24)13-17-33-19-15-30(35,16-20-33)25-9-5-2-6-10-25;;/h1-12,21,35H,13-20,22-23H2;2*1H. The third kappa shape index (κ3) is 7.02. The van der Waals surface area contributed by atoms with Crippen LogP contribution in [-0.4, -0.2) is 47.6 Å². The van der Waals surface area contributed by atoms with E-state index >= 15 is 0 Å². The number of hydrogen-bond donors (Lipinski definition) is 1. The molecule has 0 bridgehead atoms. The van der Waals surface area contributed by atoms with Gasteiger partial charge in [-0.05, 0) is 67.6 Å². The highest BCUT2D eigenvalue weighted by Crippen LogP contribution is 2.41. The zero-order chi connectivity index (χ0) is 24.3. The van der Waals surface area contributed by atoms with Crippen molar-refractivity contribution >= 4 is 48.0 Å². The van der Waals surface area contributed by atoms with Gasteiger partial charge in [0.25, 0.3) is 0 Å². The van der Waals surface area contributed by atoms with E-state index in [4.69, 9.17) is 23.2 Å². The van der Waals surface area contributed by atoms with Crippen molar-refractivity contribution in [3.05, 3.63) is 106 Å². The number of nitrogens with zero attached hydrogens (tertiary/aromatic N) is 2. The van der Waals surface area contributed by atoms with Gasteiger partial charge in [-0.3, -0.25) is 4.90 Å². The minimum absolute atomic E-state index is 0. The van der Waals surface area contributed by atoms with Crippen molar-refractivity contribution in [1.29, 1.82) is 0 Å². The Hall–Kier alpha value is -1.30. The molecule has 2 saturated heterocycles. The van der Waals surface area contributed by atoms with Crippen molar-refractivity contribution in [3.63, 3.8) is 0 Å². The van der Waals surface area contributed by atoms with Crippen LogP contribution >= 0.6 is 48.0 Å². The van der Waals surface area contributed by atoms with E-state index in [9.17, 15) is 5.11 Å². The van der Waals surface area contributed by atoms with Gasteiger partial charge in [0.2, 0.25) is 0 Å². The largest absolute Gasteiger partial charge is 0.385 e. The van der Waals surface area contributed by atoms with Crippen LogP contribution in [0, 0.1) is 0 Å². The summed E-state index contributed by atoms with van der Waals surface area (Å²) in [5.41, 5.74) is 3.03. The quantitative estimate of drug-likeness (QED) is 0.316. The SMILES string of the molecule is Cl.Cl.OC1(c2ccccc2)CCN(CCC2(c3ccc(Cl)c(Cl)c3)CCN(Cc3ccccc3)C2)CC1. The molecule has 1 N–H and O–H groups in total. The van der Waals surface area contributed by atoms with E-state index in [1.54, 1.807) is 0 Å². The molecule has 2 heterocycles. The average molecular weight is 582 g/mol. The molecule has 3 nitrogen and oxygen atoms in total. The summed E-state index contributed by atoms with van der Waals surface area (Å²) in [6.07, 6.45) is 3.73. The number of rotatable bonds is 7. The van der Waals surface area contributed by atoms with Gasteiger partial charge in [-0.1, -0.05) is 89.9 Å². The maximum atomic E-state index is 11.2. The Morgan fingerprint density at radius 1 is 0.703 bits per heavy atom. The third-order valence-corrected chi connectivity index (χ3v) is 8.85. The fourth-order valence-corrected chi connectivity index (χ4v) is 6.20. The van der Waals surface area contributed by atoms with E-state index in [0.717, 1.165) is 70.5 Å². The first-order valence-electron chi connectivity index (χ1n) is 12.7. The fourth-order valence-electron chi connectivity index (χ4n) is 5.90. The number of aliphatic hydroxyl groups is 1. The minimum Gasteiger partial charge on any atom is -0.385 e. The number of halogens is 4. The lowest BCUT2D eigenvalue weighted by molar-refractivity contribution is -0.0270. The molecule has 1 atom stereocenters. The number of benzene rings is 3. The topological polar surface area (TPSA) is 26.7 Å². The van der Waals surface area contributed by atoms with Gasteiger partial charge < -0.3 is 10.0 Å². The molecule has 37 heavy (non-hydrogen) atoms. The molecule has 0 aromatic heterocycles. The van der Waals surface area contributed by atoms with Crippen LogP contribution in [0.3, 0.4) is 0 Å². The van der Waals surface area contributed by atoms with Crippen molar-refractivity contribution in [2.45, 2.75) is 43.2 Å². The highest BCUT2D eigenvalue weighted by atomic mass is 35.5. The average Bonchev–Trinajstić information content (AvgIpc) is 3.30. The zero-order valence-corrected chi connectivity index (χ0v) is 24.1. The van der Waals surface area contributed by atoms with Gasteiger partial charge in [0, 0.05) is 31.6 Å². The Kier molecular flexibility index (Phi) is 10.8.